The minimum absolute atomic E-state index is 0.291. The predicted octanol–water partition coefficient (Wildman–Crippen LogP) is 3.41. The molecule has 0 aromatic rings. The van der Waals surface area contributed by atoms with Crippen LogP contribution in [0.2, 0.25) is 0 Å². The first-order valence-electron chi connectivity index (χ1n) is 5.48. The van der Waals surface area contributed by atoms with Crippen LogP contribution in [-0.4, -0.2) is 5.97 Å². The first-order chi connectivity index (χ1) is 8.18. The van der Waals surface area contributed by atoms with Gasteiger partial charge in [-0.25, -0.2) is 4.79 Å². The molecule has 0 radical (unpaired) electrons. The molecule has 0 saturated heterocycles. The zero-order valence-corrected chi connectivity index (χ0v) is 9.77. The van der Waals surface area contributed by atoms with E-state index in [-0.39, 0.29) is 5.97 Å². The number of hydrogen-bond donors (Lipinski definition) is 0. The maximum atomic E-state index is 11.3. The number of carbonyl (C=O) groups is 1. The first-order valence-corrected chi connectivity index (χ1v) is 5.48. The van der Waals surface area contributed by atoms with Crippen LogP contribution in [0.25, 0.3) is 11.1 Å². The fourth-order valence-corrected chi connectivity index (χ4v) is 1.67. The monoisotopic (exact) mass is 226 g/mol. The molecule has 0 fully saturated rings. The summed E-state index contributed by atoms with van der Waals surface area (Å²) >= 11 is 0. The van der Waals surface area contributed by atoms with Crippen LogP contribution in [0.5, 0.6) is 0 Å². The summed E-state index contributed by atoms with van der Waals surface area (Å²) in [6.45, 7) is 5.49. The highest BCUT2D eigenvalue weighted by Gasteiger charge is 2.10. The van der Waals surface area contributed by atoms with Crippen LogP contribution in [0.1, 0.15) is 12.5 Å². The highest BCUT2D eigenvalue weighted by Crippen LogP contribution is 2.27. The molecule has 2 heteroatoms. The largest absolute Gasteiger partial charge is 0.457 e. The molecular weight excluding hydrogens is 212 g/mol. The summed E-state index contributed by atoms with van der Waals surface area (Å²) in [5.74, 6) is -0.348. The SMILES string of the molecule is C=C(C)C(=O)OCc1ccc2cccccc1-2. The third-order valence-corrected chi connectivity index (χ3v) is 2.59. The van der Waals surface area contributed by atoms with Crippen LogP contribution in [0, 0.1) is 0 Å². The van der Waals surface area contributed by atoms with Crippen LogP contribution in [0.4, 0.5) is 0 Å². The van der Waals surface area contributed by atoms with Crippen molar-refractivity contribution in [1.29, 1.82) is 0 Å². The summed E-state index contributed by atoms with van der Waals surface area (Å²) in [7, 11) is 0. The van der Waals surface area contributed by atoms with Crippen molar-refractivity contribution in [3.8, 4) is 11.1 Å². The van der Waals surface area contributed by atoms with Crippen LogP contribution < -0.4 is 0 Å². The van der Waals surface area contributed by atoms with E-state index >= 15 is 0 Å². The molecule has 17 heavy (non-hydrogen) atoms. The van der Waals surface area contributed by atoms with Crippen molar-refractivity contribution in [2.75, 3.05) is 0 Å². The summed E-state index contributed by atoms with van der Waals surface area (Å²) in [5, 5.41) is 0. The Bertz CT molecular complexity index is 528. The summed E-state index contributed by atoms with van der Waals surface area (Å²) < 4.78 is 5.15. The van der Waals surface area contributed by atoms with Crippen molar-refractivity contribution in [2.24, 2.45) is 0 Å². The third kappa shape index (κ3) is 2.53. The van der Waals surface area contributed by atoms with Gasteiger partial charge in [-0.1, -0.05) is 49.0 Å². The lowest BCUT2D eigenvalue weighted by atomic mass is 10.1. The molecule has 2 rings (SSSR count). The number of fused-ring (bicyclic) bond motifs is 1. The number of rotatable bonds is 3. The van der Waals surface area contributed by atoms with E-state index < -0.39 is 0 Å². The molecular formula is C15H14O2. The number of carbonyl (C=O) groups excluding carboxylic acids is 1. The molecule has 0 heterocycles. The Morgan fingerprint density at radius 1 is 1.18 bits per heavy atom. The fourth-order valence-electron chi connectivity index (χ4n) is 1.67. The topological polar surface area (TPSA) is 26.3 Å². The highest BCUT2D eigenvalue weighted by atomic mass is 16.5. The zero-order valence-electron chi connectivity index (χ0n) is 9.77. The average molecular weight is 226 g/mol. The number of esters is 1. The Morgan fingerprint density at radius 2 is 1.94 bits per heavy atom. The Balaban J connectivity index is 2.17. The standard InChI is InChI=1S/C15H14O2/c1-11(2)15(16)17-10-13-9-8-12-6-4-3-5-7-14(12)13/h3-9H,1,10H2,2H3. The fraction of sp³-hybridized carbons (Fsp3) is 0.133. The van der Waals surface area contributed by atoms with E-state index in [1.54, 1.807) is 6.92 Å². The maximum Gasteiger partial charge on any atom is 0.333 e. The smallest absolute Gasteiger partial charge is 0.333 e. The quantitative estimate of drug-likeness (QED) is 0.592. The highest BCUT2D eigenvalue weighted by molar-refractivity contribution is 5.87. The van der Waals surface area contributed by atoms with E-state index in [1.807, 2.05) is 42.5 Å². The van der Waals surface area contributed by atoms with Crippen molar-refractivity contribution >= 4 is 5.97 Å². The van der Waals surface area contributed by atoms with Gasteiger partial charge in [0.05, 0.1) is 0 Å². The van der Waals surface area contributed by atoms with E-state index in [2.05, 4.69) is 6.58 Å². The molecule has 0 unspecified atom stereocenters. The maximum absolute atomic E-state index is 11.3. The van der Waals surface area contributed by atoms with Gasteiger partial charge < -0.3 is 4.74 Å². The molecule has 0 N–H and O–H groups in total. The van der Waals surface area contributed by atoms with Gasteiger partial charge >= 0.3 is 5.97 Å². The van der Waals surface area contributed by atoms with Gasteiger partial charge in [0.1, 0.15) is 6.61 Å². The molecule has 0 aromatic carbocycles. The van der Waals surface area contributed by atoms with Crippen molar-refractivity contribution in [3.05, 3.63) is 60.2 Å². The minimum Gasteiger partial charge on any atom is -0.457 e. The lowest BCUT2D eigenvalue weighted by Gasteiger charge is -2.04. The van der Waals surface area contributed by atoms with Crippen LogP contribution in [0.3, 0.4) is 0 Å². The van der Waals surface area contributed by atoms with Crippen molar-refractivity contribution in [1.82, 2.24) is 0 Å². The van der Waals surface area contributed by atoms with E-state index in [1.165, 1.54) is 0 Å². The molecule has 0 amide bonds. The van der Waals surface area contributed by atoms with Gasteiger partial charge in [-0.05, 0) is 23.6 Å². The molecule has 0 aromatic heterocycles. The number of ether oxygens (including phenoxy) is 1. The summed E-state index contributed by atoms with van der Waals surface area (Å²) in [5.41, 5.74) is 3.71. The average Bonchev–Trinajstić information content (AvgIpc) is 2.54. The van der Waals surface area contributed by atoms with Gasteiger partial charge in [0.25, 0.3) is 0 Å². The third-order valence-electron chi connectivity index (χ3n) is 2.59. The summed E-state index contributed by atoms with van der Waals surface area (Å²) in [6, 6.07) is 14.0. The Kier molecular flexibility index (Phi) is 3.24. The minimum atomic E-state index is -0.348. The van der Waals surface area contributed by atoms with Gasteiger partial charge in [0.15, 0.2) is 0 Å². The van der Waals surface area contributed by atoms with Gasteiger partial charge in [-0.2, -0.15) is 0 Å². The lowest BCUT2D eigenvalue weighted by Crippen LogP contribution is -2.04. The molecule has 2 nitrogen and oxygen atoms in total. The van der Waals surface area contributed by atoms with E-state index in [0.717, 1.165) is 16.7 Å². The zero-order chi connectivity index (χ0) is 12.3. The van der Waals surface area contributed by atoms with Crippen molar-refractivity contribution in [2.45, 2.75) is 13.5 Å². The summed E-state index contributed by atoms with van der Waals surface area (Å²) in [4.78, 5) is 11.3. The van der Waals surface area contributed by atoms with Crippen molar-refractivity contribution in [3.63, 3.8) is 0 Å². The van der Waals surface area contributed by atoms with E-state index in [4.69, 9.17) is 4.74 Å². The second-order valence-electron chi connectivity index (χ2n) is 3.99. The summed E-state index contributed by atoms with van der Waals surface area (Å²) in [6.07, 6.45) is 0. The molecule has 2 aliphatic carbocycles. The van der Waals surface area contributed by atoms with Crippen LogP contribution in [-0.2, 0) is 16.1 Å². The first kappa shape index (κ1) is 11.4. The molecule has 0 bridgehead atoms. The molecule has 0 spiro atoms. The Morgan fingerprint density at radius 3 is 2.71 bits per heavy atom. The van der Waals surface area contributed by atoms with Crippen molar-refractivity contribution < 1.29 is 9.53 Å². The second kappa shape index (κ2) is 4.83. The lowest BCUT2D eigenvalue weighted by molar-refractivity contribution is -0.140. The van der Waals surface area contributed by atoms with Gasteiger partial charge in [-0.15, -0.1) is 0 Å². The normalized spacial score (nSPS) is 10.2. The second-order valence-corrected chi connectivity index (χ2v) is 3.99. The Labute approximate surface area is 101 Å². The van der Waals surface area contributed by atoms with E-state index in [0.29, 0.717) is 12.2 Å². The van der Waals surface area contributed by atoms with E-state index in [9.17, 15) is 4.79 Å². The predicted molar refractivity (Wildman–Crippen MR) is 67.7 cm³/mol. The van der Waals surface area contributed by atoms with Gasteiger partial charge in [0, 0.05) is 5.57 Å². The van der Waals surface area contributed by atoms with Gasteiger partial charge in [0.2, 0.25) is 0 Å². The molecule has 0 saturated carbocycles. The molecule has 0 aliphatic heterocycles. The Hall–Kier alpha value is -2.09. The van der Waals surface area contributed by atoms with Gasteiger partial charge in [-0.3, -0.25) is 0 Å². The number of hydrogen-bond acceptors (Lipinski definition) is 2. The molecule has 0 atom stereocenters. The van der Waals surface area contributed by atoms with Crippen LogP contribution in [0.15, 0.2) is 54.6 Å². The molecule has 2 aliphatic rings. The van der Waals surface area contributed by atoms with Crippen LogP contribution >= 0.6 is 0 Å². The molecule has 86 valence electrons.